The Labute approximate surface area is 90.2 Å². The van der Waals surface area contributed by atoms with Gasteiger partial charge in [0.2, 0.25) is 0 Å². The summed E-state index contributed by atoms with van der Waals surface area (Å²) in [4.78, 5) is 11.4. The number of nitrogens with one attached hydrogen (secondary N) is 1. The SMILES string of the molecule is BN[C@@H]1CCc2ccc(C(=O)OC)cc21. The van der Waals surface area contributed by atoms with Gasteiger partial charge in [0.05, 0.1) is 12.7 Å². The molecule has 0 bridgehead atoms. The maximum Gasteiger partial charge on any atom is 0.337 e. The van der Waals surface area contributed by atoms with Gasteiger partial charge >= 0.3 is 5.97 Å². The minimum atomic E-state index is -0.264. The van der Waals surface area contributed by atoms with Gasteiger partial charge in [0, 0.05) is 6.04 Å². The molecule has 1 N–H and O–H groups in total. The highest BCUT2D eigenvalue weighted by Gasteiger charge is 2.21. The van der Waals surface area contributed by atoms with E-state index in [0.717, 1.165) is 12.8 Å². The number of methoxy groups -OCH3 is 1. The van der Waals surface area contributed by atoms with Gasteiger partial charge in [0.25, 0.3) is 0 Å². The first-order valence-electron chi connectivity index (χ1n) is 5.14. The van der Waals surface area contributed by atoms with Gasteiger partial charge in [-0.3, -0.25) is 0 Å². The van der Waals surface area contributed by atoms with Crippen LogP contribution in [-0.4, -0.2) is 21.1 Å². The molecule has 0 saturated carbocycles. The first kappa shape index (κ1) is 10.2. The number of hydrogen-bond acceptors (Lipinski definition) is 3. The third-order valence-corrected chi connectivity index (χ3v) is 2.99. The summed E-state index contributed by atoms with van der Waals surface area (Å²) >= 11 is 0. The van der Waals surface area contributed by atoms with Crippen molar-refractivity contribution in [1.82, 2.24) is 5.23 Å². The number of ether oxygens (including phenoxy) is 1. The maximum absolute atomic E-state index is 11.4. The summed E-state index contributed by atoms with van der Waals surface area (Å²) in [5.74, 6) is -0.264. The number of carbonyl (C=O) groups is 1. The summed E-state index contributed by atoms with van der Waals surface area (Å²) in [5.41, 5.74) is 3.21. The topological polar surface area (TPSA) is 38.3 Å². The molecule has 0 aromatic heterocycles. The van der Waals surface area contributed by atoms with Gasteiger partial charge in [-0.1, -0.05) is 6.07 Å². The zero-order valence-corrected chi connectivity index (χ0v) is 9.04. The molecule has 0 heterocycles. The smallest absolute Gasteiger partial charge is 0.337 e. The summed E-state index contributed by atoms with van der Waals surface area (Å²) in [6.45, 7) is 0. The van der Waals surface area contributed by atoms with Crippen LogP contribution in [0.5, 0.6) is 0 Å². The molecular weight excluding hydrogens is 189 g/mol. The molecular formula is C11H14BNO2. The van der Waals surface area contributed by atoms with E-state index in [2.05, 4.69) is 5.23 Å². The quantitative estimate of drug-likeness (QED) is 0.564. The number of carbonyl (C=O) groups excluding carboxylic acids is 1. The second-order valence-corrected chi connectivity index (χ2v) is 3.79. The highest BCUT2D eigenvalue weighted by Crippen LogP contribution is 2.31. The van der Waals surface area contributed by atoms with Gasteiger partial charge < -0.3 is 9.96 Å². The van der Waals surface area contributed by atoms with Crippen molar-refractivity contribution in [1.29, 1.82) is 0 Å². The van der Waals surface area contributed by atoms with Gasteiger partial charge in [-0.05, 0) is 36.1 Å². The van der Waals surface area contributed by atoms with Crippen molar-refractivity contribution in [3.8, 4) is 0 Å². The van der Waals surface area contributed by atoms with Crippen LogP contribution in [0.15, 0.2) is 18.2 Å². The molecule has 0 saturated heterocycles. The van der Waals surface area contributed by atoms with Crippen molar-refractivity contribution < 1.29 is 9.53 Å². The Balaban J connectivity index is 2.36. The van der Waals surface area contributed by atoms with E-state index in [9.17, 15) is 4.79 Å². The van der Waals surface area contributed by atoms with Crippen LogP contribution in [-0.2, 0) is 11.2 Å². The Bertz CT molecular complexity index is 392. The fourth-order valence-corrected chi connectivity index (χ4v) is 2.15. The number of benzene rings is 1. The van der Waals surface area contributed by atoms with E-state index in [-0.39, 0.29) is 5.97 Å². The van der Waals surface area contributed by atoms with Gasteiger partial charge in [0.15, 0.2) is 7.98 Å². The predicted molar refractivity (Wildman–Crippen MR) is 60.5 cm³/mol. The summed E-state index contributed by atoms with van der Waals surface area (Å²) < 4.78 is 4.71. The number of fused-ring (bicyclic) bond motifs is 1. The average molecular weight is 203 g/mol. The molecule has 1 atom stereocenters. The lowest BCUT2D eigenvalue weighted by atomic mass is 10.0. The molecule has 0 spiro atoms. The van der Waals surface area contributed by atoms with Crippen LogP contribution in [0.4, 0.5) is 0 Å². The van der Waals surface area contributed by atoms with Gasteiger partial charge in [-0.2, -0.15) is 0 Å². The van der Waals surface area contributed by atoms with Crippen molar-refractivity contribution in [3.05, 3.63) is 34.9 Å². The van der Waals surface area contributed by atoms with Crippen LogP contribution >= 0.6 is 0 Å². The number of aryl methyl sites for hydroxylation is 1. The zero-order chi connectivity index (χ0) is 10.8. The lowest BCUT2D eigenvalue weighted by molar-refractivity contribution is 0.0600. The highest BCUT2D eigenvalue weighted by atomic mass is 16.5. The van der Waals surface area contributed by atoms with E-state index in [1.165, 1.54) is 18.2 Å². The van der Waals surface area contributed by atoms with E-state index >= 15 is 0 Å². The Hall–Kier alpha value is -1.29. The molecule has 1 aliphatic carbocycles. The van der Waals surface area contributed by atoms with Crippen LogP contribution in [0, 0.1) is 0 Å². The van der Waals surface area contributed by atoms with Crippen molar-refractivity contribution in [2.24, 2.45) is 0 Å². The van der Waals surface area contributed by atoms with Crippen molar-refractivity contribution in [2.75, 3.05) is 7.11 Å². The minimum absolute atomic E-state index is 0.264. The number of esters is 1. The highest BCUT2D eigenvalue weighted by molar-refractivity contribution is 6.04. The molecule has 1 aliphatic rings. The largest absolute Gasteiger partial charge is 0.465 e. The lowest BCUT2D eigenvalue weighted by Gasteiger charge is -2.11. The minimum Gasteiger partial charge on any atom is -0.465 e. The van der Waals surface area contributed by atoms with E-state index in [4.69, 9.17) is 4.74 Å². The maximum atomic E-state index is 11.4. The molecule has 3 nitrogen and oxygen atoms in total. The van der Waals surface area contributed by atoms with Crippen LogP contribution < -0.4 is 5.23 Å². The molecule has 0 fully saturated rings. The molecule has 1 aromatic carbocycles. The Morgan fingerprint density at radius 1 is 1.60 bits per heavy atom. The molecule has 1 aromatic rings. The third kappa shape index (κ3) is 1.77. The van der Waals surface area contributed by atoms with Crippen molar-refractivity contribution in [3.63, 3.8) is 0 Å². The summed E-state index contributed by atoms with van der Waals surface area (Å²) in [5, 5.41) is 3.25. The van der Waals surface area contributed by atoms with Crippen LogP contribution in [0.25, 0.3) is 0 Å². The monoisotopic (exact) mass is 203 g/mol. The number of hydrogen-bond donors (Lipinski definition) is 1. The normalized spacial score (nSPS) is 18.6. The zero-order valence-electron chi connectivity index (χ0n) is 9.04. The molecule has 0 unspecified atom stereocenters. The van der Waals surface area contributed by atoms with Crippen LogP contribution in [0.1, 0.15) is 33.9 Å². The lowest BCUT2D eigenvalue weighted by Crippen LogP contribution is -2.15. The first-order chi connectivity index (χ1) is 7.26. The van der Waals surface area contributed by atoms with E-state index in [1.807, 2.05) is 26.2 Å². The molecule has 0 radical (unpaired) electrons. The van der Waals surface area contributed by atoms with Gasteiger partial charge in [-0.15, -0.1) is 0 Å². The van der Waals surface area contributed by atoms with Crippen molar-refractivity contribution in [2.45, 2.75) is 18.9 Å². The number of rotatable bonds is 2. The predicted octanol–water partition coefficient (Wildman–Crippen LogP) is 0.598. The Kier molecular flexibility index (Phi) is 2.78. The molecule has 78 valence electrons. The standard InChI is InChI=1S/C11H14BNO2/c1-15-11(14)8-3-2-7-4-5-10(13-12)9(7)6-8/h2-3,6,10,13H,4-5,12H2,1H3/t10-/m1/s1. The summed E-state index contributed by atoms with van der Waals surface area (Å²) in [6, 6.07) is 6.18. The summed E-state index contributed by atoms with van der Waals surface area (Å²) in [7, 11) is 3.36. The van der Waals surface area contributed by atoms with Crippen molar-refractivity contribution >= 4 is 14.0 Å². The molecule has 0 amide bonds. The fourth-order valence-electron chi connectivity index (χ4n) is 2.15. The second-order valence-electron chi connectivity index (χ2n) is 3.79. The van der Waals surface area contributed by atoms with E-state index in [1.54, 1.807) is 0 Å². The van der Waals surface area contributed by atoms with E-state index in [0.29, 0.717) is 11.6 Å². The third-order valence-electron chi connectivity index (χ3n) is 2.99. The van der Waals surface area contributed by atoms with Crippen LogP contribution in [0.2, 0.25) is 0 Å². The molecule has 15 heavy (non-hydrogen) atoms. The summed E-state index contributed by atoms with van der Waals surface area (Å²) in [6.07, 6.45) is 2.19. The molecule has 0 aliphatic heterocycles. The molecule has 2 rings (SSSR count). The van der Waals surface area contributed by atoms with E-state index < -0.39 is 0 Å². The van der Waals surface area contributed by atoms with Crippen LogP contribution in [0.3, 0.4) is 0 Å². The fraction of sp³-hybridized carbons (Fsp3) is 0.364. The van der Waals surface area contributed by atoms with Gasteiger partial charge in [0.1, 0.15) is 0 Å². The Morgan fingerprint density at radius 2 is 2.40 bits per heavy atom. The average Bonchev–Trinajstić information content (AvgIpc) is 2.69. The molecule has 4 heteroatoms. The second kappa shape index (κ2) is 4.07. The first-order valence-corrected chi connectivity index (χ1v) is 5.14. The Morgan fingerprint density at radius 3 is 3.07 bits per heavy atom. The van der Waals surface area contributed by atoms with Gasteiger partial charge in [-0.25, -0.2) is 4.79 Å².